The molecule has 4 rings (SSSR count). The van der Waals surface area contributed by atoms with Crippen molar-refractivity contribution in [2.75, 3.05) is 31.2 Å². The summed E-state index contributed by atoms with van der Waals surface area (Å²) in [6.07, 6.45) is 4.42. The number of carbonyl (C=O) groups excluding carboxylic acids is 1. The van der Waals surface area contributed by atoms with Crippen molar-refractivity contribution >= 4 is 11.6 Å². The average Bonchev–Trinajstić information content (AvgIpc) is 2.85. The minimum Gasteiger partial charge on any atom is -0.490 e. The Kier molecular flexibility index (Phi) is 7.45. The zero-order valence-electron chi connectivity index (χ0n) is 19.4. The number of hydrogen-bond acceptors (Lipinski definition) is 5. The monoisotopic (exact) mass is 445 g/mol. The molecule has 2 heterocycles. The molecule has 172 valence electrons. The molecule has 1 aliphatic heterocycles. The lowest BCUT2D eigenvalue weighted by Gasteiger charge is -2.32. The van der Waals surface area contributed by atoms with Gasteiger partial charge in [0.1, 0.15) is 0 Å². The van der Waals surface area contributed by atoms with E-state index in [0.717, 1.165) is 34.7 Å². The van der Waals surface area contributed by atoms with E-state index >= 15 is 0 Å². The van der Waals surface area contributed by atoms with Crippen molar-refractivity contribution in [3.05, 3.63) is 83.7 Å². The molecule has 0 aliphatic carbocycles. The number of pyridine rings is 1. The third-order valence-corrected chi connectivity index (χ3v) is 5.77. The molecule has 0 bridgehead atoms. The van der Waals surface area contributed by atoms with Gasteiger partial charge < -0.3 is 19.3 Å². The maximum atomic E-state index is 13.4. The molecule has 0 unspecified atom stereocenters. The number of benzene rings is 2. The molecular formula is C27H31N3O3. The van der Waals surface area contributed by atoms with Crippen LogP contribution in [0.4, 0.5) is 5.69 Å². The average molecular weight is 446 g/mol. The Bertz CT molecular complexity index is 1060. The van der Waals surface area contributed by atoms with Gasteiger partial charge in [-0.25, -0.2) is 0 Å². The molecule has 6 nitrogen and oxygen atoms in total. The Hall–Kier alpha value is -3.54. The Morgan fingerprint density at radius 2 is 1.73 bits per heavy atom. The molecule has 2 aromatic carbocycles. The summed E-state index contributed by atoms with van der Waals surface area (Å²) in [5.74, 6) is 1.64. The van der Waals surface area contributed by atoms with Crippen molar-refractivity contribution in [3.63, 3.8) is 0 Å². The highest BCUT2D eigenvalue weighted by Crippen LogP contribution is 2.34. The Labute approximate surface area is 195 Å². The van der Waals surface area contributed by atoms with Crippen LogP contribution in [0.2, 0.25) is 0 Å². The molecule has 1 aromatic heterocycles. The summed E-state index contributed by atoms with van der Waals surface area (Å²) in [6.45, 7) is 7.31. The smallest absolute Gasteiger partial charge is 0.242 e. The van der Waals surface area contributed by atoms with Gasteiger partial charge in [0.2, 0.25) is 5.91 Å². The Morgan fingerprint density at radius 1 is 1.00 bits per heavy atom. The summed E-state index contributed by atoms with van der Waals surface area (Å²) in [5, 5.41) is 0. The van der Waals surface area contributed by atoms with Crippen LogP contribution in [0, 0.1) is 0 Å². The largest absolute Gasteiger partial charge is 0.490 e. The van der Waals surface area contributed by atoms with Crippen molar-refractivity contribution < 1.29 is 14.3 Å². The molecule has 0 fully saturated rings. The highest BCUT2D eigenvalue weighted by atomic mass is 16.5. The maximum absolute atomic E-state index is 13.4. The second-order valence-corrected chi connectivity index (χ2v) is 8.05. The zero-order valence-corrected chi connectivity index (χ0v) is 19.4. The number of hydrogen-bond donors (Lipinski definition) is 0. The van der Waals surface area contributed by atoms with Gasteiger partial charge in [0.25, 0.3) is 0 Å². The van der Waals surface area contributed by atoms with Crippen molar-refractivity contribution in [2.24, 2.45) is 0 Å². The summed E-state index contributed by atoms with van der Waals surface area (Å²) in [4.78, 5) is 21.7. The standard InChI is InChI=1S/C27H31N3O3/c1-3-32-25-15-22-12-14-29(19-23(22)16-26(25)33-4-2)27(31)20-30(24-10-6-5-7-11-24)18-21-9-8-13-28-17-21/h5-11,13,15-17H,3-4,12,14,18-20H2,1-2H3. The van der Waals surface area contributed by atoms with Crippen LogP contribution in [0.15, 0.2) is 67.0 Å². The molecule has 0 N–H and O–H groups in total. The quantitative estimate of drug-likeness (QED) is 0.486. The van der Waals surface area contributed by atoms with Gasteiger partial charge in [0.15, 0.2) is 11.5 Å². The summed E-state index contributed by atoms with van der Waals surface area (Å²) >= 11 is 0. The minimum atomic E-state index is 0.111. The lowest BCUT2D eigenvalue weighted by molar-refractivity contribution is -0.130. The van der Waals surface area contributed by atoms with E-state index in [2.05, 4.69) is 16.0 Å². The van der Waals surface area contributed by atoms with Crippen molar-refractivity contribution in [1.82, 2.24) is 9.88 Å². The number of para-hydroxylation sites is 1. The first-order valence-corrected chi connectivity index (χ1v) is 11.6. The third kappa shape index (κ3) is 5.64. The first-order valence-electron chi connectivity index (χ1n) is 11.6. The number of anilines is 1. The lowest BCUT2D eigenvalue weighted by atomic mass is 9.98. The van der Waals surface area contributed by atoms with Crippen molar-refractivity contribution in [3.8, 4) is 11.5 Å². The summed E-state index contributed by atoms with van der Waals surface area (Å²) < 4.78 is 11.6. The van der Waals surface area contributed by atoms with Crippen LogP contribution in [0.5, 0.6) is 11.5 Å². The van der Waals surface area contributed by atoms with Crippen molar-refractivity contribution in [1.29, 1.82) is 0 Å². The third-order valence-electron chi connectivity index (χ3n) is 5.77. The number of aromatic nitrogens is 1. The van der Waals surface area contributed by atoms with Gasteiger partial charge in [0, 0.05) is 37.7 Å². The molecule has 0 saturated heterocycles. The number of carbonyl (C=O) groups is 1. The summed E-state index contributed by atoms with van der Waals surface area (Å²) in [5.41, 5.74) is 4.44. The zero-order chi connectivity index (χ0) is 23.0. The molecular weight excluding hydrogens is 414 g/mol. The van der Waals surface area contributed by atoms with E-state index in [1.165, 1.54) is 5.56 Å². The Balaban J connectivity index is 1.51. The van der Waals surface area contributed by atoms with Gasteiger partial charge in [-0.3, -0.25) is 9.78 Å². The molecule has 1 amide bonds. The van der Waals surface area contributed by atoms with Crippen LogP contribution in [0.1, 0.15) is 30.5 Å². The van der Waals surface area contributed by atoms with E-state index in [-0.39, 0.29) is 5.91 Å². The molecule has 6 heteroatoms. The van der Waals surface area contributed by atoms with Crippen LogP contribution in [0.3, 0.4) is 0 Å². The first kappa shape index (κ1) is 22.6. The molecule has 0 atom stereocenters. The molecule has 0 spiro atoms. The fraction of sp³-hybridized carbons (Fsp3) is 0.333. The van der Waals surface area contributed by atoms with Crippen LogP contribution in [-0.2, 0) is 24.3 Å². The van der Waals surface area contributed by atoms with E-state index in [0.29, 0.717) is 39.4 Å². The van der Waals surface area contributed by atoms with Crippen LogP contribution in [0.25, 0.3) is 0 Å². The van der Waals surface area contributed by atoms with Crippen molar-refractivity contribution in [2.45, 2.75) is 33.4 Å². The number of nitrogens with zero attached hydrogens (tertiary/aromatic N) is 3. The van der Waals surface area contributed by atoms with Gasteiger partial charge in [-0.2, -0.15) is 0 Å². The van der Waals surface area contributed by atoms with Gasteiger partial charge >= 0.3 is 0 Å². The van der Waals surface area contributed by atoms with E-state index in [1.54, 1.807) is 6.20 Å². The maximum Gasteiger partial charge on any atom is 0.242 e. The van der Waals surface area contributed by atoms with E-state index < -0.39 is 0 Å². The van der Waals surface area contributed by atoms with Crippen LogP contribution in [-0.4, -0.2) is 42.1 Å². The topological polar surface area (TPSA) is 54.9 Å². The van der Waals surface area contributed by atoms with E-state index in [9.17, 15) is 4.79 Å². The first-order chi connectivity index (χ1) is 16.2. The normalized spacial score (nSPS) is 12.7. The molecule has 0 radical (unpaired) electrons. The highest BCUT2D eigenvalue weighted by molar-refractivity contribution is 5.82. The minimum absolute atomic E-state index is 0.111. The molecule has 0 saturated carbocycles. The predicted molar refractivity (Wildman–Crippen MR) is 130 cm³/mol. The second kappa shape index (κ2) is 10.9. The SMILES string of the molecule is CCOc1cc2c(cc1OCC)CN(C(=O)CN(Cc1cccnc1)c1ccccc1)CC2. The summed E-state index contributed by atoms with van der Waals surface area (Å²) in [7, 11) is 0. The van der Waals surface area contributed by atoms with Gasteiger partial charge in [0.05, 0.1) is 19.8 Å². The van der Waals surface area contributed by atoms with Gasteiger partial charge in [-0.15, -0.1) is 0 Å². The second-order valence-electron chi connectivity index (χ2n) is 8.05. The molecule has 1 aliphatic rings. The number of amides is 1. The number of fused-ring (bicyclic) bond motifs is 1. The number of rotatable bonds is 9. The van der Waals surface area contributed by atoms with Crippen LogP contribution < -0.4 is 14.4 Å². The molecule has 33 heavy (non-hydrogen) atoms. The Morgan fingerprint density at radius 3 is 2.39 bits per heavy atom. The molecule has 3 aromatic rings. The summed E-state index contributed by atoms with van der Waals surface area (Å²) in [6, 6.07) is 18.1. The van der Waals surface area contributed by atoms with E-state index in [1.807, 2.05) is 73.5 Å². The van der Waals surface area contributed by atoms with Gasteiger partial charge in [-0.1, -0.05) is 24.3 Å². The number of ether oxygens (including phenoxy) is 2. The van der Waals surface area contributed by atoms with E-state index in [4.69, 9.17) is 9.47 Å². The van der Waals surface area contributed by atoms with Crippen LogP contribution >= 0.6 is 0 Å². The fourth-order valence-corrected chi connectivity index (χ4v) is 4.17. The fourth-order valence-electron chi connectivity index (χ4n) is 4.17. The predicted octanol–water partition coefficient (Wildman–Crippen LogP) is 4.47. The lowest BCUT2D eigenvalue weighted by Crippen LogP contribution is -2.42. The van der Waals surface area contributed by atoms with Gasteiger partial charge in [-0.05, 0) is 67.3 Å². The highest BCUT2D eigenvalue weighted by Gasteiger charge is 2.24.